The van der Waals surface area contributed by atoms with Crippen LogP contribution < -0.4 is 5.73 Å². The third kappa shape index (κ3) is 2.96. The van der Waals surface area contributed by atoms with Gasteiger partial charge in [0.25, 0.3) is 0 Å². The number of hydrogen-bond donors (Lipinski definition) is 5. The van der Waals surface area contributed by atoms with Gasteiger partial charge >= 0.3 is 0 Å². The molecule has 0 spiro atoms. The number of nitrogens with two attached hydrogens (primary N) is 1. The molecule has 2 heterocycles. The number of aromatic hydroxyl groups is 1. The topological polar surface area (TPSA) is 140 Å². The van der Waals surface area contributed by atoms with Crippen molar-refractivity contribution in [2.45, 2.75) is 0 Å². The van der Waals surface area contributed by atoms with E-state index in [0.717, 1.165) is 27.7 Å². The number of phenolic OH excluding ortho intramolecular Hbond substituents is 1. The number of amidine groups is 1. The van der Waals surface area contributed by atoms with E-state index in [4.69, 9.17) is 11.1 Å². The molecule has 0 unspecified atom stereocenters. The minimum absolute atomic E-state index is 0.00737. The van der Waals surface area contributed by atoms with E-state index >= 15 is 0 Å². The molecule has 6 N–H and O–H groups in total. The molecule has 8 heteroatoms. The van der Waals surface area contributed by atoms with Gasteiger partial charge < -0.3 is 15.8 Å². The molecule has 0 saturated carbocycles. The number of rotatable bonds is 4. The van der Waals surface area contributed by atoms with E-state index in [1.807, 2.05) is 60.7 Å². The Bertz CT molecular complexity index is 1370. The minimum Gasteiger partial charge on any atom is -0.507 e. The maximum absolute atomic E-state index is 11.1. The van der Waals surface area contributed by atoms with E-state index in [-0.39, 0.29) is 11.6 Å². The molecule has 30 heavy (non-hydrogen) atoms. The second kappa shape index (κ2) is 6.85. The summed E-state index contributed by atoms with van der Waals surface area (Å²) in [4.78, 5) is 3.33. The summed E-state index contributed by atoms with van der Waals surface area (Å²) in [5.41, 5.74) is 10.7. The molecule has 0 atom stereocenters. The van der Waals surface area contributed by atoms with Crippen LogP contribution >= 0.6 is 0 Å². The van der Waals surface area contributed by atoms with Gasteiger partial charge in [-0.25, -0.2) is 0 Å². The smallest absolute Gasteiger partial charge is 0.204 e. The summed E-state index contributed by atoms with van der Waals surface area (Å²) in [6.07, 6.45) is 0. The highest BCUT2D eigenvalue weighted by Crippen LogP contribution is 2.41. The Morgan fingerprint density at radius 2 is 1.73 bits per heavy atom. The maximum atomic E-state index is 11.1. The zero-order valence-electron chi connectivity index (χ0n) is 15.7. The fraction of sp³-hybridized carbons (Fsp3) is 0. The van der Waals surface area contributed by atoms with E-state index in [9.17, 15) is 5.11 Å². The standard InChI is InChI=1S/C22H17N7O/c23-21(24)13-6-7-18-14(8-13)11-19(25-18)17-10-15(22-26-28-29-27-22)9-16(20(17)30)12-4-2-1-3-5-12/h1-11,25,30H,(H3,23,24)(H,26,27,28,29). The number of tetrazole rings is 1. The lowest BCUT2D eigenvalue weighted by molar-refractivity contribution is 0.479. The number of aromatic amines is 2. The lowest BCUT2D eigenvalue weighted by Crippen LogP contribution is -2.10. The summed E-state index contributed by atoms with van der Waals surface area (Å²) >= 11 is 0. The first-order chi connectivity index (χ1) is 14.6. The van der Waals surface area contributed by atoms with E-state index in [0.29, 0.717) is 22.5 Å². The quantitative estimate of drug-likeness (QED) is 0.233. The van der Waals surface area contributed by atoms with Crippen molar-refractivity contribution < 1.29 is 5.11 Å². The van der Waals surface area contributed by atoms with Crippen molar-refractivity contribution >= 4 is 16.7 Å². The Balaban J connectivity index is 1.74. The van der Waals surface area contributed by atoms with Crippen molar-refractivity contribution in [1.82, 2.24) is 25.6 Å². The first-order valence-corrected chi connectivity index (χ1v) is 9.24. The average Bonchev–Trinajstić information content (AvgIpc) is 3.44. The van der Waals surface area contributed by atoms with Gasteiger partial charge in [0, 0.05) is 33.2 Å². The van der Waals surface area contributed by atoms with Crippen molar-refractivity contribution in [2.75, 3.05) is 0 Å². The number of nitrogens with zero attached hydrogens (tertiary/aromatic N) is 3. The number of H-pyrrole nitrogens is 2. The Hall–Kier alpha value is -4.46. The highest BCUT2D eigenvalue weighted by Gasteiger charge is 2.17. The van der Waals surface area contributed by atoms with Crippen molar-refractivity contribution in [3.63, 3.8) is 0 Å². The molecule has 5 rings (SSSR count). The summed E-state index contributed by atoms with van der Waals surface area (Å²) in [6, 6.07) is 20.7. The van der Waals surface area contributed by atoms with Crippen LogP contribution in [0.1, 0.15) is 5.56 Å². The Morgan fingerprint density at radius 1 is 0.933 bits per heavy atom. The predicted molar refractivity (Wildman–Crippen MR) is 115 cm³/mol. The lowest BCUT2D eigenvalue weighted by Gasteiger charge is -2.11. The number of fused-ring (bicyclic) bond motifs is 1. The molecule has 0 bridgehead atoms. The molecule has 5 aromatic rings. The fourth-order valence-electron chi connectivity index (χ4n) is 3.54. The summed E-state index contributed by atoms with van der Waals surface area (Å²) in [5, 5.41) is 34.0. The second-order valence-corrected chi connectivity index (χ2v) is 6.92. The first kappa shape index (κ1) is 17.6. The van der Waals surface area contributed by atoms with E-state index in [2.05, 4.69) is 25.6 Å². The molecular formula is C22H17N7O. The Labute approximate surface area is 170 Å². The number of nitrogens with one attached hydrogen (secondary N) is 3. The molecule has 0 saturated heterocycles. The third-order valence-corrected chi connectivity index (χ3v) is 5.02. The van der Waals surface area contributed by atoms with Crippen molar-refractivity contribution in [1.29, 1.82) is 5.41 Å². The van der Waals surface area contributed by atoms with Gasteiger partial charge in [0.05, 0.1) is 5.69 Å². The van der Waals surface area contributed by atoms with Crippen LogP contribution in [0.2, 0.25) is 0 Å². The number of nitrogen functional groups attached to an aromatic ring is 1. The van der Waals surface area contributed by atoms with Crippen LogP contribution in [-0.4, -0.2) is 36.6 Å². The summed E-state index contributed by atoms with van der Waals surface area (Å²) in [5.74, 6) is 0.586. The first-order valence-electron chi connectivity index (χ1n) is 9.24. The number of hydrogen-bond acceptors (Lipinski definition) is 5. The van der Waals surface area contributed by atoms with Crippen LogP contribution in [0, 0.1) is 5.41 Å². The van der Waals surface area contributed by atoms with Crippen LogP contribution in [-0.2, 0) is 0 Å². The van der Waals surface area contributed by atoms with E-state index in [1.54, 1.807) is 6.07 Å². The van der Waals surface area contributed by atoms with Gasteiger partial charge in [-0.3, -0.25) is 5.41 Å². The molecule has 0 radical (unpaired) electrons. The van der Waals surface area contributed by atoms with Gasteiger partial charge in [-0.2, -0.15) is 5.21 Å². The fourth-order valence-corrected chi connectivity index (χ4v) is 3.54. The zero-order chi connectivity index (χ0) is 20.7. The summed E-state index contributed by atoms with van der Waals surface area (Å²) in [7, 11) is 0. The van der Waals surface area contributed by atoms with Gasteiger partial charge in [-0.1, -0.05) is 30.3 Å². The monoisotopic (exact) mass is 395 g/mol. The lowest BCUT2D eigenvalue weighted by atomic mass is 9.96. The molecule has 0 amide bonds. The van der Waals surface area contributed by atoms with Crippen LogP contribution in [0.5, 0.6) is 5.75 Å². The number of benzene rings is 3. The predicted octanol–water partition coefficient (Wildman–Crippen LogP) is 3.67. The summed E-state index contributed by atoms with van der Waals surface area (Å²) < 4.78 is 0. The molecule has 2 aromatic heterocycles. The SMILES string of the molecule is N=C(N)c1ccc2[nH]c(-c3cc(-c4nn[nH]n4)cc(-c4ccccc4)c3O)cc2c1. The van der Waals surface area contributed by atoms with Gasteiger partial charge in [-0.15, -0.1) is 10.2 Å². The Morgan fingerprint density at radius 3 is 2.47 bits per heavy atom. The van der Waals surface area contributed by atoms with Crippen LogP contribution in [0.25, 0.3) is 44.7 Å². The molecular weight excluding hydrogens is 378 g/mol. The van der Waals surface area contributed by atoms with Gasteiger partial charge in [0.15, 0.2) is 0 Å². The Kier molecular flexibility index (Phi) is 4.03. The molecule has 8 nitrogen and oxygen atoms in total. The maximum Gasteiger partial charge on any atom is 0.204 e. The zero-order valence-corrected chi connectivity index (χ0v) is 15.7. The largest absolute Gasteiger partial charge is 0.507 e. The molecule has 0 aliphatic heterocycles. The molecule has 0 fully saturated rings. The number of aromatic nitrogens is 5. The van der Waals surface area contributed by atoms with Crippen LogP contribution in [0.3, 0.4) is 0 Å². The van der Waals surface area contributed by atoms with Crippen LogP contribution in [0.4, 0.5) is 0 Å². The van der Waals surface area contributed by atoms with Crippen LogP contribution in [0.15, 0.2) is 66.7 Å². The van der Waals surface area contributed by atoms with E-state index in [1.165, 1.54) is 0 Å². The van der Waals surface area contributed by atoms with Gasteiger partial charge in [-0.05, 0) is 47.2 Å². The molecule has 3 aromatic carbocycles. The number of phenols is 1. The molecule has 0 aliphatic rings. The normalized spacial score (nSPS) is 11.1. The van der Waals surface area contributed by atoms with Gasteiger partial charge in [0.2, 0.25) is 5.82 Å². The highest BCUT2D eigenvalue weighted by molar-refractivity contribution is 6.00. The third-order valence-electron chi connectivity index (χ3n) is 5.02. The minimum atomic E-state index is 0.00737. The molecule has 0 aliphatic carbocycles. The van der Waals surface area contributed by atoms with Crippen molar-refractivity contribution in [3.05, 3.63) is 72.3 Å². The van der Waals surface area contributed by atoms with Crippen molar-refractivity contribution in [2.24, 2.45) is 5.73 Å². The van der Waals surface area contributed by atoms with Gasteiger partial charge in [0.1, 0.15) is 11.6 Å². The average molecular weight is 395 g/mol. The molecule has 146 valence electrons. The summed E-state index contributed by atoms with van der Waals surface area (Å²) in [6.45, 7) is 0. The van der Waals surface area contributed by atoms with Crippen molar-refractivity contribution in [3.8, 4) is 39.5 Å². The highest BCUT2D eigenvalue weighted by atomic mass is 16.3. The second-order valence-electron chi connectivity index (χ2n) is 6.92. The van der Waals surface area contributed by atoms with E-state index < -0.39 is 0 Å².